The number of carbonyl (C=O) groups is 3. The Morgan fingerprint density at radius 1 is 0.820 bits per heavy atom. The van der Waals surface area contributed by atoms with Gasteiger partial charge in [-0.3, -0.25) is 14.5 Å². The first-order valence-electron chi connectivity index (χ1n) is 18.6. The number of benzene rings is 1. The summed E-state index contributed by atoms with van der Waals surface area (Å²) in [7, 11) is 1.35. The fourth-order valence-corrected chi connectivity index (χ4v) is 6.21. The van der Waals surface area contributed by atoms with E-state index in [2.05, 4.69) is 15.0 Å². The molecule has 0 aliphatic carbocycles. The topological polar surface area (TPSA) is 208 Å². The van der Waals surface area contributed by atoms with Gasteiger partial charge in [-0.2, -0.15) is 39.5 Å². The Bertz CT molecular complexity index is 1910. The number of ether oxygens (including phenoxy) is 3. The number of aliphatic carboxylic acids is 2. The van der Waals surface area contributed by atoms with Crippen molar-refractivity contribution in [2.45, 2.75) is 94.8 Å². The van der Waals surface area contributed by atoms with Gasteiger partial charge in [0.2, 0.25) is 0 Å². The summed E-state index contributed by atoms with van der Waals surface area (Å²) < 4.78 is 137. The first-order chi connectivity index (χ1) is 28.4. The molecule has 1 aliphatic heterocycles. The highest BCUT2D eigenvalue weighted by Gasteiger charge is 2.50. The molecule has 14 nitrogen and oxygen atoms in total. The number of carboxylic acid groups (broad SMARTS) is 3. The number of unbranched alkanes of at least 4 members (excludes halogenated alkanes) is 2. The lowest BCUT2D eigenvalue weighted by Crippen LogP contribution is -2.64. The van der Waals surface area contributed by atoms with Gasteiger partial charge in [0.1, 0.15) is 23.8 Å². The zero-order valence-corrected chi connectivity index (χ0v) is 32.8. The molecule has 5 N–H and O–H groups in total. The van der Waals surface area contributed by atoms with Crippen LogP contribution >= 0.6 is 0 Å². The fourth-order valence-electron chi connectivity index (χ4n) is 6.21. The van der Waals surface area contributed by atoms with Crippen LogP contribution in [0.1, 0.15) is 97.4 Å². The van der Waals surface area contributed by atoms with E-state index in [4.69, 9.17) is 30.2 Å². The zero-order chi connectivity index (χ0) is 45.8. The number of hydrogen-bond donors (Lipinski definition) is 4. The van der Waals surface area contributed by atoms with E-state index >= 15 is 0 Å². The number of anilines is 1. The van der Waals surface area contributed by atoms with Crippen molar-refractivity contribution < 1.29 is 83.4 Å². The zero-order valence-electron chi connectivity index (χ0n) is 32.8. The van der Waals surface area contributed by atoms with Crippen molar-refractivity contribution in [2.24, 2.45) is 5.73 Å². The highest BCUT2D eigenvalue weighted by Crippen LogP contribution is 2.45. The summed E-state index contributed by atoms with van der Waals surface area (Å²) in [6.45, 7) is 2.54. The molecule has 1 aromatic carbocycles. The maximum absolute atomic E-state index is 13.5. The number of amides is 1. The lowest BCUT2D eigenvalue weighted by molar-refractivity contribution is -0.143. The molecule has 0 saturated carbocycles. The molecule has 2 unspecified atom stereocenters. The molecule has 4 rings (SSSR count). The third-order valence-corrected chi connectivity index (χ3v) is 9.24. The van der Waals surface area contributed by atoms with Crippen LogP contribution in [0.2, 0.25) is 0 Å². The summed E-state index contributed by atoms with van der Waals surface area (Å²) in [6.07, 6.45) is -13.7. The van der Waals surface area contributed by atoms with E-state index in [1.165, 1.54) is 14.0 Å². The van der Waals surface area contributed by atoms with E-state index in [1.807, 2.05) is 0 Å². The Morgan fingerprint density at radius 3 is 1.87 bits per heavy atom. The third-order valence-electron chi connectivity index (χ3n) is 9.24. The van der Waals surface area contributed by atoms with Crippen molar-refractivity contribution in [3.63, 3.8) is 0 Å². The minimum absolute atomic E-state index is 0.0307. The highest BCUT2D eigenvalue weighted by atomic mass is 19.4. The van der Waals surface area contributed by atoms with Crippen molar-refractivity contribution in [1.82, 2.24) is 15.0 Å². The molecule has 0 fully saturated rings. The van der Waals surface area contributed by atoms with Crippen molar-refractivity contribution in [2.75, 3.05) is 38.4 Å². The van der Waals surface area contributed by atoms with Gasteiger partial charge in [0.15, 0.2) is 5.75 Å². The molecule has 0 radical (unpaired) electrons. The molecule has 3 aromatic rings. The number of carboxylic acids is 2. The fraction of sp³-hybridized carbons (Fsp3) is 0.526. The van der Waals surface area contributed by atoms with Crippen molar-refractivity contribution >= 4 is 23.7 Å². The number of halogens is 9. The lowest BCUT2D eigenvalue weighted by Gasteiger charge is -2.47. The second-order valence-electron chi connectivity index (χ2n) is 13.7. The predicted molar refractivity (Wildman–Crippen MR) is 196 cm³/mol. The molecule has 61 heavy (non-hydrogen) atoms. The minimum Gasteiger partial charge on any atom is -0.488 e. The van der Waals surface area contributed by atoms with Crippen molar-refractivity contribution in [3.05, 3.63) is 76.1 Å². The summed E-state index contributed by atoms with van der Waals surface area (Å²) in [6, 6.07) is 2.53. The second kappa shape index (κ2) is 21.5. The van der Waals surface area contributed by atoms with Crippen LogP contribution < -0.4 is 15.4 Å². The monoisotopic (exact) mass is 885 g/mol. The van der Waals surface area contributed by atoms with Crippen molar-refractivity contribution in [1.29, 1.82) is 0 Å². The molecule has 1 amide bonds. The first kappa shape index (κ1) is 50.1. The highest BCUT2D eigenvalue weighted by molar-refractivity contribution is 5.89. The number of fused-ring (bicyclic) bond motifs is 1. The average Bonchev–Trinajstić information content (AvgIpc) is 3.16. The Kier molecular flexibility index (Phi) is 17.6. The van der Waals surface area contributed by atoms with Crippen molar-refractivity contribution in [3.8, 4) is 5.75 Å². The molecule has 23 heteroatoms. The number of nitrogens with two attached hydrogens (primary N) is 1. The summed E-state index contributed by atoms with van der Waals surface area (Å²) in [4.78, 5) is 45.5. The maximum Gasteiger partial charge on any atom is 0.433 e. The molecule has 338 valence electrons. The first-order valence-corrected chi connectivity index (χ1v) is 18.6. The van der Waals surface area contributed by atoms with Gasteiger partial charge in [0.05, 0.1) is 46.9 Å². The Hall–Kier alpha value is -5.29. The molecular weight excluding hydrogens is 841 g/mol. The van der Waals surface area contributed by atoms with Gasteiger partial charge in [0.25, 0.3) is 0 Å². The van der Waals surface area contributed by atoms with E-state index in [1.54, 1.807) is 0 Å². The SMILES string of the molecule is CCC1(N)C(c2ncc(OCCOC)c(Cc3cc(C(F)(F)F)cc(C(F)(F)F)c3)n2)Cc2nc(C(F)(F)F)ccc2N1C(=O)O.O=C(O)CCCCOCCCCC(=O)O. The largest absolute Gasteiger partial charge is 0.488 e. The molecule has 0 saturated heterocycles. The summed E-state index contributed by atoms with van der Waals surface area (Å²) in [5.41, 5.74) is -0.827. The van der Waals surface area contributed by atoms with Crippen LogP contribution in [-0.2, 0) is 50.4 Å². The summed E-state index contributed by atoms with van der Waals surface area (Å²) in [5.74, 6) is -3.23. The Balaban J connectivity index is 0.000000562. The number of nitrogens with zero attached hydrogens (tertiary/aromatic N) is 4. The molecule has 0 spiro atoms. The van der Waals surface area contributed by atoms with E-state index in [0.717, 1.165) is 25.1 Å². The third kappa shape index (κ3) is 14.4. The van der Waals surface area contributed by atoms with Crippen LogP contribution in [-0.4, -0.2) is 87.5 Å². The average molecular weight is 886 g/mol. The van der Waals surface area contributed by atoms with Gasteiger partial charge < -0.3 is 35.3 Å². The van der Waals surface area contributed by atoms with Crippen LogP contribution in [0.15, 0.2) is 36.5 Å². The predicted octanol–water partition coefficient (Wildman–Crippen LogP) is 7.95. The maximum atomic E-state index is 13.5. The standard InChI is InChI=1S/C28H26F9N5O4.C10H18O5/c1-3-25(38)17(12-18-20(42(25)24(43)44)4-5-22(40-18)28(35,36)37)23-39-13-21(46-7-6-45-2)19(41-23)10-14-8-15(26(29,30)31)11-16(9-14)27(32,33)34;11-9(12)5-1-3-7-15-8-4-2-6-10(13)14/h4-5,8-9,11,13,17H,3,6-7,10,12,38H2,1-2H3,(H,43,44);1-8H2,(H,11,12)(H,13,14). The second-order valence-corrected chi connectivity index (χ2v) is 13.7. The van der Waals surface area contributed by atoms with Crippen LogP contribution in [0, 0.1) is 0 Å². The quantitative estimate of drug-likeness (QED) is 0.0708. The van der Waals surface area contributed by atoms with Crippen LogP contribution in [0.5, 0.6) is 5.75 Å². The van der Waals surface area contributed by atoms with Gasteiger partial charge in [0, 0.05) is 46.0 Å². The number of aromatic nitrogens is 3. The Labute approximate surface area is 342 Å². The van der Waals surface area contributed by atoms with Gasteiger partial charge in [-0.25, -0.2) is 19.7 Å². The van der Waals surface area contributed by atoms with Gasteiger partial charge in [-0.1, -0.05) is 6.92 Å². The number of rotatable bonds is 18. The van der Waals surface area contributed by atoms with E-state index in [0.29, 0.717) is 49.2 Å². The van der Waals surface area contributed by atoms with Crippen LogP contribution in [0.25, 0.3) is 0 Å². The Morgan fingerprint density at radius 2 is 1.39 bits per heavy atom. The van der Waals surface area contributed by atoms with E-state index < -0.39 is 83.4 Å². The lowest BCUT2D eigenvalue weighted by atomic mass is 9.80. The molecule has 3 heterocycles. The molecule has 0 bridgehead atoms. The normalized spacial score (nSPS) is 16.7. The van der Waals surface area contributed by atoms with Gasteiger partial charge >= 0.3 is 36.6 Å². The van der Waals surface area contributed by atoms with E-state index in [9.17, 15) is 59.0 Å². The number of pyridine rings is 1. The minimum atomic E-state index is -5.12. The number of hydrogen-bond acceptors (Lipinski definition) is 10. The summed E-state index contributed by atoms with van der Waals surface area (Å²) in [5, 5.41) is 26.8. The van der Waals surface area contributed by atoms with Gasteiger partial charge in [-0.05, 0) is 68.0 Å². The van der Waals surface area contributed by atoms with Gasteiger partial charge in [-0.15, -0.1) is 0 Å². The smallest absolute Gasteiger partial charge is 0.433 e. The molecular formula is C38H44F9N5O9. The van der Waals surface area contributed by atoms with Crippen LogP contribution in [0.3, 0.4) is 0 Å². The molecule has 2 atom stereocenters. The molecule has 1 aliphatic rings. The number of alkyl halides is 9. The van der Waals surface area contributed by atoms with E-state index in [-0.39, 0.29) is 67.2 Å². The molecule has 2 aromatic heterocycles. The van der Waals surface area contributed by atoms with Crippen LogP contribution in [0.4, 0.5) is 50.0 Å². The summed E-state index contributed by atoms with van der Waals surface area (Å²) >= 11 is 0. The number of methoxy groups -OCH3 is 1.